The molecule has 0 aliphatic rings. The average Bonchev–Trinajstić information content (AvgIpc) is 2.53. The lowest BCUT2D eigenvalue weighted by molar-refractivity contribution is -0.00647. The van der Waals surface area contributed by atoms with Crippen LogP contribution in [0.5, 0.6) is 0 Å². The summed E-state index contributed by atoms with van der Waals surface area (Å²) < 4.78 is 16.6. The average molecular weight is 307 g/mol. The minimum Gasteiger partial charge on any atom is -0.381 e. The molecule has 0 spiro atoms. The van der Waals surface area contributed by atoms with Gasteiger partial charge in [-0.2, -0.15) is 15.8 Å². The summed E-state index contributed by atoms with van der Waals surface area (Å²) in [5.41, 5.74) is 0. The molecule has 0 fully saturated rings. The van der Waals surface area contributed by atoms with Gasteiger partial charge in [-0.15, -0.1) is 0 Å². The highest BCUT2D eigenvalue weighted by atomic mass is 16.5. The van der Waals surface area contributed by atoms with Crippen molar-refractivity contribution < 1.29 is 14.2 Å². The zero-order valence-corrected chi connectivity index (χ0v) is 13.1. The molecule has 0 radical (unpaired) electrons. The molecular formula is C16H25N3O3. The SMILES string of the molecule is N#CCCCOCC(COCCCC#N)COCCCC#N. The van der Waals surface area contributed by atoms with Crippen LogP contribution < -0.4 is 0 Å². The highest BCUT2D eigenvalue weighted by molar-refractivity contribution is 4.69. The van der Waals surface area contributed by atoms with E-state index in [1.165, 1.54) is 0 Å². The molecule has 0 amide bonds. The lowest BCUT2D eigenvalue weighted by atomic mass is 10.2. The smallest absolute Gasteiger partial charge is 0.0622 e. The summed E-state index contributed by atoms with van der Waals surface area (Å²) in [4.78, 5) is 0. The van der Waals surface area contributed by atoms with Gasteiger partial charge >= 0.3 is 0 Å². The van der Waals surface area contributed by atoms with Crippen molar-refractivity contribution in [3.63, 3.8) is 0 Å². The first-order valence-corrected chi connectivity index (χ1v) is 7.69. The first-order chi connectivity index (χ1) is 10.8. The lowest BCUT2D eigenvalue weighted by Crippen LogP contribution is -2.22. The molecule has 6 heteroatoms. The van der Waals surface area contributed by atoms with Crippen molar-refractivity contribution in [2.45, 2.75) is 38.5 Å². The maximum absolute atomic E-state index is 8.46. The maximum Gasteiger partial charge on any atom is 0.0622 e. The van der Waals surface area contributed by atoms with E-state index in [1.54, 1.807) is 0 Å². The quantitative estimate of drug-likeness (QED) is 0.431. The summed E-state index contributed by atoms with van der Waals surface area (Å²) in [6.45, 7) is 3.28. The number of rotatable bonds is 15. The van der Waals surface area contributed by atoms with E-state index in [4.69, 9.17) is 30.0 Å². The Hall–Kier alpha value is -1.65. The Morgan fingerprint density at radius 3 is 1.18 bits per heavy atom. The van der Waals surface area contributed by atoms with Crippen LogP contribution in [0.25, 0.3) is 0 Å². The molecule has 0 aromatic carbocycles. The summed E-state index contributed by atoms with van der Waals surface area (Å²) in [6, 6.07) is 6.24. The molecule has 0 aromatic rings. The van der Waals surface area contributed by atoms with Gasteiger partial charge in [0, 0.05) is 45.0 Å². The Labute approximate surface area is 133 Å². The summed E-state index contributed by atoms with van der Waals surface area (Å²) in [5, 5.41) is 25.4. The van der Waals surface area contributed by atoms with Gasteiger partial charge in [-0.3, -0.25) is 0 Å². The Kier molecular flexibility index (Phi) is 16.1. The van der Waals surface area contributed by atoms with Crippen LogP contribution in [0, 0.1) is 39.9 Å². The highest BCUT2D eigenvalue weighted by Gasteiger charge is 2.10. The zero-order chi connectivity index (χ0) is 16.3. The third kappa shape index (κ3) is 14.8. The molecule has 0 rings (SSSR count). The van der Waals surface area contributed by atoms with Crippen LogP contribution in [0.3, 0.4) is 0 Å². The molecule has 6 nitrogen and oxygen atoms in total. The van der Waals surface area contributed by atoms with Crippen molar-refractivity contribution in [2.24, 2.45) is 5.92 Å². The van der Waals surface area contributed by atoms with E-state index in [1.807, 2.05) is 0 Å². The van der Waals surface area contributed by atoms with E-state index in [0.717, 1.165) is 19.3 Å². The number of hydrogen-bond acceptors (Lipinski definition) is 6. The minimum atomic E-state index is 0.131. The van der Waals surface area contributed by atoms with Crippen LogP contribution in [-0.2, 0) is 14.2 Å². The molecule has 0 aromatic heterocycles. The molecule has 122 valence electrons. The summed E-state index contributed by atoms with van der Waals surface area (Å²) in [5.74, 6) is 0.131. The molecule has 0 heterocycles. The Bertz CT molecular complexity index is 311. The maximum atomic E-state index is 8.46. The molecule has 0 saturated heterocycles. The van der Waals surface area contributed by atoms with Gasteiger partial charge in [0.1, 0.15) is 0 Å². The van der Waals surface area contributed by atoms with E-state index >= 15 is 0 Å². The lowest BCUT2D eigenvalue weighted by Gasteiger charge is -2.17. The second kappa shape index (κ2) is 17.4. The molecule has 0 aliphatic heterocycles. The van der Waals surface area contributed by atoms with Gasteiger partial charge in [0.05, 0.1) is 38.0 Å². The van der Waals surface area contributed by atoms with Crippen LogP contribution in [-0.4, -0.2) is 39.6 Å². The number of nitrogens with zero attached hydrogens (tertiary/aromatic N) is 3. The van der Waals surface area contributed by atoms with E-state index in [9.17, 15) is 0 Å². The monoisotopic (exact) mass is 307 g/mol. The van der Waals surface area contributed by atoms with Crippen molar-refractivity contribution in [3.8, 4) is 18.2 Å². The van der Waals surface area contributed by atoms with Crippen molar-refractivity contribution >= 4 is 0 Å². The van der Waals surface area contributed by atoms with Crippen molar-refractivity contribution in [1.82, 2.24) is 0 Å². The third-order valence-corrected chi connectivity index (χ3v) is 2.79. The first-order valence-electron chi connectivity index (χ1n) is 7.69. The molecule has 0 bridgehead atoms. The molecule has 0 aliphatic carbocycles. The fraction of sp³-hybridized carbons (Fsp3) is 0.812. The Morgan fingerprint density at radius 2 is 0.909 bits per heavy atom. The van der Waals surface area contributed by atoms with Gasteiger partial charge in [0.25, 0.3) is 0 Å². The molecule has 0 N–H and O–H groups in total. The molecule has 22 heavy (non-hydrogen) atoms. The second-order valence-corrected chi connectivity index (χ2v) is 4.88. The predicted octanol–water partition coefficient (Wildman–Crippen LogP) is 2.56. The Balaban J connectivity index is 3.80. The molecule has 0 atom stereocenters. The van der Waals surface area contributed by atoms with Gasteiger partial charge in [-0.25, -0.2) is 0 Å². The van der Waals surface area contributed by atoms with Gasteiger partial charge in [0.15, 0.2) is 0 Å². The standard InChI is InChI=1S/C16H25N3O3/c17-7-1-4-10-20-13-16(14-21-11-5-2-8-18)15-22-12-6-3-9-19/h16H,1-6,10-15H2. The summed E-state index contributed by atoms with van der Waals surface area (Å²) >= 11 is 0. The van der Waals surface area contributed by atoms with Crippen LogP contribution in [0.1, 0.15) is 38.5 Å². The number of unbranched alkanes of at least 4 members (excludes halogenated alkanes) is 3. The van der Waals surface area contributed by atoms with Gasteiger partial charge in [-0.1, -0.05) is 0 Å². The van der Waals surface area contributed by atoms with Crippen LogP contribution >= 0.6 is 0 Å². The van der Waals surface area contributed by atoms with E-state index in [-0.39, 0.29) is 5.92 Å². The first kappa shape index (κ1) is 20.3. The van der Waals surface area contributed by atoms with Crippen molar-refractivity contribution in [3.05, 3.63) is 0 Å². The summed E-state index contributed by atoms with van der Waals surface area (Å²) in [7, 11) is 0. The second-order valence-electron chi connectivity index (χ2n) is 4.88. The van der Waals surface area contributed by atoms with E-state index < -0.39 is 0 Å². The predicted molar refractivity (Wildman–Crippen MR) is 80.5 cm³/mol. The summed E-state index contributed by atoms with van der Waals surface area (Å²) in [6.07, 6.45) is 3.69. The normalized spacial score (nSPS) is 10.1. The van der Waals surface area contributed by atoms with Crippen LogP contribution in [0.15, 0.2) is 0 Å². The minimum absolute atomic E-state index is 0.131. The van der Waals surface area contributed by atoms with Gasteiger partial charge in [-0.05, 0) is 19.3 Å². The van der Waals surface area contributed by atoms with Gasteiger partial charge in [0.2, 0.25) is 0 Å². The third-order valence-electron chi connectivity index (χ3n) is 2.79. The number of hydrogen-bond donors (Lipinski definition) is 0. The number of nitriles is 3. The topological polar surface area (TPSA) is 99.1 Å². The Morgan fingerprint density at radius 1 is 0.591 bits per heavy atom. The molecular weight excluding hydrogens is 282 g/mol. The van der Waals surface area contributed by atoms with Crippen LogP contribution in [0.4, 0.5) is 0 Å². The van der Waals surface area contributed by atoms with Crippen molar-refractivity contribution in [2.75, 3.05) is 39.6 Å². The highest BCUT2D eigenvalue weighted by Crippen LogP contribution is 2.03. The van der Waals surface area contributed by atoms with E-state index in [2.05, 4.69) is 18.2 Å². The van der Waals surface area contributed by atoms with Gasteiger partial charge < -0.3 is 14.2 Å². The van der Waals surface area contributed by atoms with E-state index in [0.29, 0.717) is 58.9 Å². The fourth-order valence-electron chi connectivity index (χ4n) is 1.65. The van der Waals surface area contributed by atoms with Crippen LogP contribution in [0.2, 0.25) is 0 Å². The zero-order valence-electron chi connectivity index (χ0n) is 13.1. The number of ether oxygens (including phenoxy) is 3. The molecule has 0 saturated carbocycles. The van der Waals surface area contributed by atoms with Crippen molar-refractivity contribution in [1.29, 1.82) is 15.8 Å². The molecule has 0 unspecified atom stereocenters. The largest absolute Gasteiger partial charge is 0.381 e. The fourth-order valence-corrected chi connectivity index (χ4v) is 1.65.